The first-order valence-corrected chi connectivity index (χ1v) is 8.16. The Hall–Kier alpha value is -2.81. The van der Waals surface area contributed by atoms with E-state index in [1.807, 2.05) is 5.32 Å². The molecule has 2 amide bonds. The summed E-state index contributed by atoms with van der Waals surface area (Å²) >= 11 is 0. The highest BCUT2D eigenvalue weighted by Crippen LogP contribution is 2.14. The molecule has 146 valence electrons. The van der Waals surface area contributed by atoms with Gasteiger partial charge in [-0.25, -0.2) is 0 Å². The van der Waals surface area contributed by atoms with Crippen LogP contribution >= 0.6 is 0 Å². The van der Waals surface area contributed by atoms with E-state index in [1.54, 1.807) is 41.3 Å². The number of nitrogens with zero attached hydrogens (tertiary/aromatic N) is 1. The lowest BCUT2D eigenvalue weighted by molar-refractivity contribution is -0.139. The maximum Gasteiger partial charge on any atom is 0.405 e. The fourth-order valence-corrected chi connectivity index (χ4v) is 2.41. The van der Waals surface area contributed by atoms with Crippen molar-refractivity contribution in [1.29, 1.82) is 0 Å². The number of carbonyl (C=O) groups excluding carboxylic acids is 2. The SMILES string of the molecule is CNC(=O)c1ccc(CN(CC(=O)NCC(F)(F)F)Cc2ccco2)cc1. The maximum atomic E-state index is 12.3. The second-order valence-electron chi connectivity index (χ2n) is 5.89. The zero-order chi connectivity index (χ0) is 19.9. The molecule has 0 bridgehead atoms. The average Bonchev–Trinajstić information content (AvgIpc) is 3.12. The summed E-state index contributed by atoms with van der Waals surface area (Å²) in [5.74, 6) is -0.373. The minimum absolute atomic E-state index is 0.222. The minimum Gasteiger partial charge on any atom is -0.468 e. The third-order valence-electron chi connectivity index (χ3n) is 3.66. The van der Waals surface area contributed by atoms with Crippen LogP contribution < -0.4 is 10.6 Å². The van der Waals surface area contributed by atoms with Crippen LogP contribution in [-0.4, -0.2) is 43.0 Å². The summed E-state index contributed by atoms with van der Waals surface area (Å²) in [7, 11) is 1.53. The predicted molar refractivity (Wildman–Crippen MR) is 91.7 cm³/mol. The molecule has 2 N–H and O–H groups in total. The molecule has 0 radical (unpaired) electrons. The van der Waals surface area contributed by atoms with Crippen molar-refractivity contribution in [3.63, 3.8) is 0 Å². The van der Waals surface area contributed by atoms with Crippen molar-refractivity contribution in [1.82, 2.24) is 15.5 Å². The quantitative estimate of drug-likeness (QED) is 0.734. The molecule has 0 aliphatic heterocycles. The standard InChI is InChI=1S/C18H20F3N3O3/c1-22-17(26)14-6-4-13(5-7-14)9-24(10-15-3-2-8-27-15)11-16(25)23-12-18(19,20)21/h2-8H,9-12H2,1H3,(H,22,26)(H,23,25). The molecule has 0 spiro atoms. The van der Waals surface area contributed by atoms with Crippen molar-refractivity contribution in [3.8, 4) is 0 Å². The Kier molecular flexibility index (Phi) is 7.00. The molecule has 0 aliphatic rings. The minimum atomic E-state index is -4.46. The smallest absolute Gasteiger partial charge is 0.405 e. The Morgan fingerprint density at radius 2 is 1.81 bits per heavy atom. The van der Waals surface area contributed by atoms with Crippen LogP contribution in [0.4, 0.5) is 13.2 Å². The number of rotatable bonds is 8. The molecule has 0 saturated heterocycles. The number of hydrogen-bond acceptors (Lipinski definition) is 4. The van der Waals surface area contributed by atoms with Crippen LogP contribution in [0.5, 0.6) is 0 Å². The van der Waals surface area contributed by atoms with Gasteiger partial charge in [0.2, 0.25) is 5.91 Å². The largest absolute Gasteiger partial charge is 0.468 e. The number of alkyl halides is 3. The first-order valence-electron chi connectivity index (χ1n) is 8.16. The summed E-state index contributed by atoms with van der Waals surface area (Å²) in [5.41, 5.74) is 1.29. The molecular weight excluding hydrogens is 363 g/mol. The Bertz CT molecular complexity index is 743. The zero-order valence-corrected chi connectivity index (χ0v) is 14.7. The van der Waals surface area contributed by atoms with Gasteiger partial charge in [0.25, 0.3) is 5.91 Å². The average molecular weight is 383 g/mol. The van der Waals surface area contributed by atoms with Crippen LogP contribution in [0.3, 0.4) is 0 Å². The molecule has 0 unspecified atom stereocenters. The van der Waals surface area contributed by atoms with Crippen LogP contribution in [0.2, 0.25) is 0 Å². The van der Waals surface area contributed by atoms with Gasteiger partial charge < -0.3 is 15.1 Å². The molecule has 1 aromatic heterocycles. The van der Waals surface area contributed by atoms with Crippen LogP contribution in [0.15, 0.2) is 47.1 Å². The maximum absolute atomic E-state index is 12.3. The van der Waals surface area contributed by atoms with Crippen molar-refractivity contribution in [2.45, 2.75) is 19.3 Å². The highest BCUT2D eigenvalue weighted by atomic mass is 19.4. The van der Waals surface area contributed by atoms with Gasteiger partial charge in [-0.15, -0.1) is 0 Å². The summed E-state index contributed by atoms with van der Waals surface area (Å²) in [6.45, 7) is -1.05. The molecule has 0 fully saturated rings. The topological polar surface area (TPSA) is 74.6 Å². The van der Waals surface area contributed by atoms with Gasteiger partial charge in [0.15, 0.2) is 0 Å². The van der Waals surface area contributed by atoms with Crippen LogP contribution in [0.1, 0.15) is 21.7 Å². The zero-order valence-electron chi connectivity index (χ0n) is 14.7. The van der Waals surface area contributed by atoms with Gasteiger partial charge in [0.05, 0.1) is 19.4 Å². The van der Waals surface area contributed by atoms with Crippen molar-refractivity contribution >= 4 is 11.8 Å². The molecule has 2 aromatic rings. The number of carbonyl (C=O) groups is 2. The van der Waals surface area contributed by atoms with E-state index in [4.69, 9.17) is 4.42 Å². The number of furan rings is 1. The van der Waals surface area contributed by atoms with E-state index in [0.29, 0.717) is 17.9 Å². The molecule has 0 saturated carbocycles. The summed E-state index contributed by atoms with van der Waals surface area (Å²) in [6.07, 6.45) is -2.98. The molecule has 1 heterocycles. The van der Waals surface area contributed by atoms with Crippen molar-refractivity contribution < 1.29 is 27.2 Å². The number of halogens is 3. The highest BCUT2D eigenvalue weighted by Gasteiger charge is 2.28. The van der Waals surface area contributed by atoms with E-state index >= 15 is 0 Å². The lowest BCUT2D eigenvalue weighted by Gasteiger charge is -2.21. The highest BCUT2D eigenvalue weighted by molar-refractivity contribution is 5.93. The molecule has 0 aliphatic carbocycles. The van der Waals surface area contributed by atoms with Gasteiger partial charge in [0.1, 0.15) is 12.3 Å². The van der Waals surface area contributed by atoms with Crippen LogP contribution in [-0.2, 0) is 17.9 Å². The summed E-state index contributed by atoms with van der Waals surface area (Å²) in [4.78, 5) is 25.1. The Balaban J connectivity index is 2.03. The lowest BCUT2D eigenvalue weighted by Crippen LogP contribution is -2.40. The molecule has 6 nitrogen and oxygen atoms in total. The van der Waals surface area contributed by atoms with Gasteiger partial charge >= 0.3 is 6.18 Å². The van der Waals surface area contributed by atoms with Gasteiger partial charge in [-0.05, 0) is 29.8 Å². The monoisotopic (exact) mass is 383 g/mol. The molecule has 2 rings (SSSR count). The second-order valence-corrected chi connectivity index (χ2v) is 5.89. The predicted octanol–water partition coefficient (Wildman–Crippen LogP) is 2.32. The normalized spacial score (nSPS) is 11.4. The first-order chi connectivity index (χ1) is 12.8. The van der Waals surface area contributed by atoms with Gasteiger partial charge in [0, 0.05) is 19.2 Å². The lowest BCUT2D eigenvalue weighted by atomic mass is 10.1. The molecule has 0 atom stereocenters. The van der Waals surface area contributed by atoms with Gasteiger partial charge in [-0.1, -0.05) is 12.1 Å². The Morgan fingerprint density at radius 3 is 2.37 bits per heavy atom. The van der Waals surface area contributed by atoms with E-state index in [2.05, 4.69) is 5.32 Å². The molecular formula is C18H20F3N3O3. The summed E-state index contributed by atoms with van der Waals surface area (Å²) < 4.78 is 42.0. The molecule has 1 aromatic carbocycles. The van der Waals surface area contributed by atoms with Gasteiger partial charge in [-0.2, -0.15) is 13.2 Å². The van der Waals surface area contributed by atoms with E-state index in [1.165, 1.54) is 13.3 Å². The van der Waals surface area contributed by atoms with E-state index in [9.17, 15) is 22.8 Å². The van der Waals surface area contributed by atoms with Crippen LogP contribution in [0, 0.1) is 0 Å². The van der Waals surface area contributed by atoms with Gasteiger partial charge in [-0.3, -0.25) is 14.5 Å². The van der Waals surface area contributed by atoms with Crippen molar-refractivity contribution in [2.24, 2.45) is 0 Å². The van der Waals surface area contributed by atoms with Crippen molar-refractivity contribution in [2.75, 3.05) is 20.1 Å². The summed E-state index contributed by atoms with van der Waals surface area (Å²) in [5, 5.41) is 4.38. The first kappa shape index (κ1) is 20.5. The second kappa shape index (κ2) is 9.22. The fourth-order valence-electron chi connectivity index (χ4n) is 2.41. The molecule has 27 heavy (non-hydrogen) atoms. The number of hydrogen-bond donors (Lipinski definition) is 2. The van der Waals surface area contributed by atoms with Crippen LogP contribution in [0.25, 0.3) is 0 Å². The van der Waals surface area contributed by atoms with E-state index in [-0.39, 0.29) is 19.0 Å². The van der Waals surface area contributed by atoms with Crippen molar-refractivity contribution in [3.05, 3.63) is 59.5 Å². The summed E-state index contributed by atoms with van der Waals surface area (Å²) in [6, 6.07) is 10.2. The Labute approximate surface area is 154 Å². The number of nitrogens with one attached hydrogen (secondary N) is 2. The number of amides is 2. The number of benzene rings is 1. The third kappa shape index (κ3) is 7.14. The third-order valence-corrected chi connectivity index (χ3v) is 3.66. The van der Waals surface area contributed by atoms with E-state index in [0.717, 1.165) is 5.56 Å². The fraction of sp³-hybridized carbons (Fsp3) is 0.333. The Morgan fingerprint density at radius 1 is 1.11 bits per heavy atom. The van der Waals surface area contributed by atoms with E-state index < -0.39 is 18.6 Å². The molecule has 9 heteroatoms.